The van der Waals surface area contributed by atoms with E-state index in [-0.39, 0.29) is 30.2 Å². The molecule has 24 heavy (non-hydrogen) atoms. The first kappa shape index (κ1) is 17.7. The number of halogens is 2. The normalized spacial score (nSPS) is 10.2. The Labute approximate surface area is 144 Å². The Kier molecular flexibility index (Phi) is 5.69. The van der Waals surface area contributed by atoms with Crippen molar-refractivity contribution in [3.8, 4) is 11.5 Å². The van der Waals surface area contributed by atoms with Crippen LogP contribution in [0.15, 0.2) is 40.9 Å². The molecule has 0 saturated heterocycles. The van der Waals surface area contributed by atoms with Crippen LogP contribution in [0.5, 0.6) is 11.5 Å². The molecule has 126 valence electrons. The van der Waals surface area contributed by atoms with E-state index < -0.39 is 16.6 Å². The number of aromatic hydroxyl groups is 1. The number of rotatable bonds is 6. The lowest BCUT2D eigenvalue weighted by Gasteiger charge is -2.09. The summed E-state index contributed by atoms with van der Waals surface area (Å²) in [6, 6.07) is 7.29. The summed E-state index contributed by atoms with van der Waals surface area (Å²) in [6.07, 6.45) is 0. The summed E-state index contributed by atoms with van der Waals surface area (Å²) in [4.78, 5) is 21.9. The number of phenols is 1. The third kappa shape index (κ3) is 4.66. The molecule has 0 saturated carbocycles. The molecule has 1 amide bonds. The second-order valence-corrected chi connectivity index (χ2v) is 5.56. The Hall–Kier alpha value is -2.68. The Morgan fingerprint density at radius 1 is 1.33 bits per heavy atom. The smallest absolute Gasteiger partial charge is 0.270 e. The molecule has 0 aliphatic heterocycles. The van der Waals surface area contributed by atoms with Crippen LogP contribution in [0.2, 0.25) is 0 Å². The highest BCUT2D eigenvalue weighted by atomic mass is 79.9. The van der Waals surface area contributed by atoms with Crippen LogP contribution in [0.3, 0.4) is 0 Å². The average molecular weight is 399 g/mol. The lowest BCUT2D eigenvalue weighted by atomic mass is 10.2. The summed E-state index contributed by atoms with van der Waals surface area (Å²) in [6.45, 7) is -0.430. The van der Waals surface area contributed by atoms with Gasteiger partial charge in [-0.2, -0.15) is 0 Å². The van der Waals surface area contributed by atoms with Crippen molar-refractivity contribution < 1.29 is 24.0 Å². The number of nitrogens with zero attached hydrogens (tertiary/aromatic N) is 1. The topological polar surface area (TPSA) is 102 Å². The Morgan fingerprint density at radius 3 is 2.75 bits per heavy atom. The standard InChI is InChI=1S/C15H12BrFN2O5/c16-12-6-10(17)1-4-14(12)24-8-15(21)18-7-9-5-11(19(22)23)2-3-13(9)20/h1-6,20H,7-8H2,(H,18,21). The molecule has 2 N–H and O–H groups in total. The second-order valence-electron chi connectivity index (χ2n) is 4.71. The number of phenolic OH excluding ortho intramolecular Hbond substituents is 1. The van der Waals surface area contributed by atoms with Crippen LogP contribution in [0, 0.1) is 15.9 Å². The largest absolute Gasteiger partial charge is 0.508 e. The summed E-state index contributed by atoms with van der Waals surface area (Å²) in [5, 5.41) is 22.8. The number of nitro benzene ring substituents is 1. The van der Waals surface area contributed by atoms with Gasteiger partial charge in [-0.15, -0.1) is 0 Å². The molecule has 0 atom stereocenters. The molecule has 2 aromatic carbocycles. The lowest BCUT2D eigenvalue weighted by Crippen LogP contribution is -2.28. The van der Waals surface area contributed by atoms with Gasteiger partial charge in [0.2, 0.25) is 0 Å². The SMILES string of the molecule is O=C(COc1ccc(F)cc1Br)NCc1cc([N+](=O)[O-])ccc1O. The van der Waals surface area contributed by atoms with Gasteiger partial charge in [-0.3, -0.25) is 14.9 Å². The number of non-ortho nitro benzene ring substituents is 1. The maximum absolute atomic E-state index is 12.9. The van der Waals surface area contributed by atoms with E-state index in [1.165, 1.54) is 30.3 Å². The van der Waals surface area contributed by atoms with Crippen molar-refractivity contribution >= 4 is 27.5 Å². The van der Waals surface area contributed by atoms with Gasteiger partial charge in [0.15, 0.2) is 6.61 Å². The first-order chi connectivity index (χ1) is 11.4. The average Bonchev–Trinajstić information content (AvgIpc) is 2.53. The second kappa shape index (κ2) is 7.73. The monoisotopic (exact) mass is 398 g/mol. The number of benzene rings is 2. The molecule has 0 spiro atoms. The molecule has 0 aromatic heterocycles. The number of amides is 1. The van der Waals surface area contributed by atoms with Crippen molar-refractivity contribution in [2.24, 2.45) is 0 Å². The summed E-state index contributed by atoms with van der Waals surface area (Å²) < 4.78 is 18.6. The first-order valence-corrected chi connectivity index (χ1v) is 7.47. The molecule has 2 rings (SSSR count). The van der Waals surface area contributed by atoms with Crippen LogP contribution >= 0.6 is 15.9 Å². The highest BCUT2D eigenvalue weighted by Gasteiger charge is 2.12. The van der Waals surface area contributed by atoms with Gasteiger partial charge in [0.25, 0.3) is 11.6 Å². The minimum Gasteiger partial charge on any atom is -0.508 e. The molecule has 0 bridgehead atoms. The fourth-order valence-corrected chi connectivity index (χ4v) is 2.27. The number of carbonyl (C=O) groups is 1. The molecule has 0 fully saturated rings. The molecule has 0 radical (unpaired) electrons. The number of hydrogen-bond acceptors (Lipinski definition) is 5. The van der Waals surface area contributed by atoms with Gasteiger partial charge in [0, 0.05) is 24.2 Å². The van der Waals surface area contributed by atoms with E-state index in [4.69, 9.17) is 4.74 Å². The predicted octanol–water partition coefficient (Wildman–Crippen LogP) is 2.90. The van der Waals surface area contributed by atoms with Crippen molar-refractivity contribution in [1.29, 1.82) is 0 Å². The van der Waals surface area contributed by atoms with Gasteiger partial charge in [-0.25, -0.2) is 4.39 Å². The van der Waals surface area contributed by atoms with E-state index in [2.05, 4.69) is 21.2 Å². The first-order valence-electron chi connectivity index (χ1n) is 6.67. The van der Waals surface area contributed by atoms with Crippen LogP contribution in [-0.4, -0.2) is 22.5 Å². The summed E-state index contributed by atoms with van der Waals surface area (Å²) in [7, 11) is 0. The number of carbonyl (C=O) groups excluding carboxylic acids is 1. The molecular formula is C15H12BrFN2O5. The Morgan fingerprint density at radius 2 is 2.08 bits per heavy atom. The fraction of sp³-hybridized carbons (Fsp3) is 0.133. The minimum absolute atomic E-state index is 0.0969. The molecular weight excluding hydrogens is 387 g/mol. The molecule has 0 aliphatic rings. The number of nitrogens with one attached hydrogen (secondary N) is 1. The van der Waals surface area contributed by atoms with Crippen molar-refractivity contribution in [3.05, 3.63) is 62.4 Å². The number of nitro groups is 1. The third-order valence-corrected chi connectivity index (χ3v) is 3.62. The van der Waals surface area contributed by atoms with Crippen molar-refractivity contribution in [1.82, 2.24) is 5.32 Å². The Balaban J connectivity index is 1.91. The van der Waals surface area contributed by atoms with Crippen molar-refractivity contribution in [3.63, 3.8) is 0 Å². The van der Waals surface area contributed by atoms with E-state index in [1.807, 2.05) is 0 Å². The van der Waals surface area contributed by atoms with E-state index in [9.17, 15) is 24.4 Å². The number of hydrogen-bond donors (Lipinski definition) is 2. The quantitative estimate of drug-likeness (QED) is 0.575. The van der Waals surface area contributed by atoms with Crippen LogP contribution in [-0.2, 0) is 11.3 Å². The predicted molar refractivity (Wildman–Crippen MR) is 86.2 cm³/mol. The van der Waals surface area contributed by atoms with Gasteiger partial charge >= 0.3 is 0 Å². The van der Waals surface area contributed by atoms with Crippen LogP contribution < -0.4 is 10.1 Å². The third-order valence-electron chi connectivity index (χ3n) is 3.00. The summed E-state index contributed by atoms with van der Waals surface area (Å²) in [5.41, 5.74) is 0.0176. The highest BCUT2D eigenvalue weighted by molar-refractivity contribution is 9.10. The Bertz CT molecular complexity index is 784. The zero-order valence-electron chi connectivity index (χ0n) is 12.2. The molecule has 0 aliphatic carbocycles. The van der Waals surface area contributed by atoms with Crippen molar-refractivity contribution in [2.75, 3.05) is 6.61 Å². The molecule has 2 aromatic rings. The van der Waals surface area contributed by atoms with Gasteiger partial charge in [-0.1, -0.05) is 0 Å². The lowest BCUT2D eigenvalue weighted by molar-refractivity contribution is -0.384. The van der Waals surface area contributed by atoms with Gasteiger partial charge in [0.1, 0.15) is 17.3 Å². The summed E-state index contributed by atoms with van der Waals surface area (Å²) in [5.74, 6) is -0.815. The molecule has 0 heterocycles. The van der Waals surface area contributed by atoms with Crippen molar-refractivity contribution in [2.45, 2.75) is 6.54 Å². The maximum Gasteiger partial charge on any atom is 0.270 e. The van der Waals surface area contributed by atoms with E-state index >= 15 is 0 Å². The summed E-state index contributed by atoms with van der Waals surface area (Å²) >= 11 is 3.11. The van der Waals surface area contributed by atoms with E-state index in [0.29, 0.717) is 10.2 Å². The fourth-order valence-electron chi connectivity index (χ4n) is 1.81. The van der Waals surface area contributed by atoms with E-state index in [0.717, 1.165) is 6.07 Å². The molecule has 0 unspecified atom stereocenters. The highest BCUT2D eigenvalue weighted by Crippen LogP contribution is 2.25. The number of ether oxygens (including phenoxy) is 1. The van der Waals surface area contributed by atoms with Gasteiger partial charge in [-0.05, 0) is 40.2 Å². The van der Waals surface area contributed by atoms with Crippen LogP contribution in [0.25, 0.3) is 0 Å². The van der Waals surface area contributed by atoms with Crippen LogP contribution in [0.1, 0.15) is 5.56 Å². The molecule has 7 nitrogen and oxygen atoms in total. The van der Waals surface area contributed by atoms with Crippen LogP contribution in [0.4, 0.5) is 10.1 Å². The zero-order chi connectivity index (χ0) is 17.7. The van der Waals surface area contributed by atoms with Gasteiger partial charge < -0.3 is 15.2 Å². The maximum atomic E-state index is 12.9. The molecule has 9 heteroatoms. The van der Waals surface area contributed by atoms with E-state index in [1.54, 1.807) is 0 Å². The minimum atomic E-state index is -0.597. The zero-order valence-corrected chi connectivity index (χ0v) is 13.7. The van der Waals surface area contributed by atoms with Gasteiger partial charge in [0.05, 0.1) is 9.40 Å².